The van der Waals surface area contributed by atoms with Crippen LogP contribution in [0.4, 0.5) is 15.9 Å². The first-order valence-electron chi connectivity index (χ1n) is 15.4. The van der Waals surface area contributed by atoms with Crippen molar-refractivity contribution >= 4 is 67.6 Å². The summed E-state index contributed by atoms with van der Waals surface area (Å²) >= 11 is 10.9. The van der Waals surface area contributed by atoms with Crippen molar-refractivity contribution in [1.82, 2.24) is 24.8 Å². The number of piperazine rings is 1. The summed E-state index contributed by atoms with van der Waals surface area (Å²) in [6, 6.07) is 7.51. The standard InChI is InChI=1S/C29H40Cl2FN9O3S2/c1-3-4-24-19-40(13-14-41(24)23-7-11-39(12-8-23)18-20-5-6-21(30)15-26(20)32)29-25(31)16-22(17-34-29)36-28-27(37-45(42)38-28)33-9-10-35-46(2,43)44/h5-6,15-17,23-24,35H,3-4,7-14,18-19H2,1-2H3,(H,33,37)(H,36,38)/t24-,45?/m0/s1. The van der Waals surface area contributed by atoms with Crippen molar-refractivity contribution in [3.8, 4) is 0 Å². The van der Waals surface area contributed by atoms with Gasteiger partial charge >= 0.3 is 0 Å². The van der Waals surface area contributed by atoms with E-state index < -0.39 is 21.2 Å². The summed E-state index contributed by atoms with van der Waals surface area (Å²) in [5.41, 5.74) is 1.24. The second kappa shape index (κ2) is 15.7. The topological polar surface area (TPSA) is 135 Å². The number of pyridine rings is 1. The monoisotopic (exact) mass is 715 g/mol. The number of nitrogens with one attached hydrogen (secondary N) is 3. The number of sulfonamides is 1. The van der Waals surface area contributed by atoms with E-state index in [0.29, 0.717) is 45.7 Å². The van der Waals surface area contributed by atoms with Gasteiger partial charge in [-0.05, 0) is 50.6 Å². The Kier molecular flexibility index (Phi) is 11.9. The third-order valence-corrected chi connectivity index (χ3v) is 10.2. The molecule has 12 nitrogen and oxygen atoms in total. The maximum Gasteiger partial charge on any atom is 0.269 e. The fraction of sp³-hybridized carbons (Fsp3) is 0.552. The van der Waals surface area contributed by atoms with Gasteiger partial charge in [0.1, 0.15) is 11.6 Å². The lowest BCUT2D eigenvalue weighted by atomic mass is 9.97. The molecule has 252 valence electrons. The van der Waals surface area contributed by atoms with E-state index in [2.05, 4.69) is 50.8 Å². The van der Waals surface area contributed by atoms with Crippen molar-refractivity contribution in [2.45, 2.75) is 51.2 Å². The SMILES string of the molecule is CCC[C@H]1CN(c2ncc(NC3=NS(=O)N=C3NCCNS(C)(=O)=O)cc2Cl)CCN1C1CCN(Cc2ccc(Cl)cc2F)CC1. The Labute approximate surface area is 282 Å². The first-order valence-corrected chi connectivity index (χ1v) is 19.1. The quantitative estimate of drug-likeness (QED) is 0.299. The number of likely N-dealkylation sites (tertiary alicyclic amines) is 1. The predicted octanol–water partition coefficient (Wildman–Crippen LogP) is 3.42. The molecule has 46 heavy (non-hydrogen) atoms. The average Bonchev–Trinajstić information content (AvgIpc) is 3.35. The van der Waals surface area contributed by atoms with Crippen molar-refractivity contribution < 1.29 is 17.0 Å². The summed E-state index contributed by atoms with van der Waals surface area (Å²) in [4.78, 5) is 11.9. The van der Waals surface area contributed by atoms with E-state index in [-0.39, 0.29) is 30.6 Å². The van der Waals surface area contributed by atoms with Crippen molar-refractivity contribution in [3.05, 3.63) is 51.9 Å². The Hall–Kier alpha value is -2.40. The second-order valence-corrected chi connectivity index (χ2v) is 15.2. The van der Waals surface area contributed by atoms with Crippen LogP contribution < -0.4 is 20.3 Å². The third kappa shape index (κ3) is 9.36. The van der Waals surface area contributed by atoms with Crippen LogP contribution in [0.15, 0.2) is 39.3 Å². The number of hydrogen-bond donors (Lipinski definition) is 3. The Morgan fingerprint density at radius 3 is 2.52 bits per heavy atom. The zero-order valence-corrected chi connectivity index (χ0v) is 29.0. The Morgan fingerprint density at radius 1 is 1.07 bits per heavy atom. The molecule has 0 amide bonds. The van der Waals surface area contributed by atoms with Crippen molar-refractivity contribution in [2.24, 2.45) is 8.80 Å². The molecule has 1 aromatic carbocycles. The van der Waals surface area contributed by atoms with E-state index in [1.165, 1.54) is 6.07 Å². The molecule has 1 unspecified atom stereocenters. The zero-order valence-electron chi connectivity index (χ0n) is 25.9. The first kappa shape index (κ1) is 34.9. The van der Waals surface area contributed by atoms with E-state index >= 15 is 0 Å². The van der Waals surface area contributed by atoms with Gasteiger partial charge in [-0.25, -0.2) is 26.7 Å². The molecular formula is C29H40Cl2FN9O3S2. The van der Waals surface area contributed by atoms with Gasteiger partial charge in [0.25, 0.3) is 11.2 Å². The minimum atomic E-state index is -3.32. The van der Waals surface area contributed by atoms with Crippen LogP contribution in [0.5, 0.6) is 0 Å². The van der Waals surface area contributed by atoms with Gasteiger partial charge in [-0.3, -0.25) is 9.80 Å². The van der Waals surface area contributed by atoms with E-state index in [1.807, 2.05) is 0 Å². The van der Waals surface area contributed by atoms with Crippen molar-refractivity contribution in [2.75, 3.05) is 62.3 Å². The maximum absolute atomic E-state index is 14.4. The smallest absolute Gasteiger partial charge is 0.269 e. The molecule has 2 saturated heterocycles. The molecule has 0 radical (unpaired) electrons. The van der Waals surface area contributed by atoms with Crippen LogP contribution in [-0.2, 0) is 27.7 Å². The first-order chi connectivity index (χ1) is 22.0. The van der Waals surface area contributed by atoms with Gasteiger partial charge in [-0.15, -0.1) is 8.80 Å². The molecule has 5 rings (SSSR count). The Morgan fingerprint density at radius 2 is 1.83 bits per heavy atom. The number of amidine groups is 2. The minimum Gasteiger partial charge on any atom is -0.365 e. The zero-order chi connectivity index (χ0) is 32.8. The number of hydrogen-bond acceptors (Lipinski definition) is 9. The molecule has 0 spiro atoms. The maximum atomic E-state index is 14.4. The van der Waals surface area contributed by atoms with Crippen LogP contribution in [-0.4, -0.2) is 103 Å². The van der Waals surface area contributed by atoms with Gasteiger partial charge in [0, 0.05) is 61.9 Å². The van der Waals surface area contributed by atoms with E-state index in [1.54, 1.807) is 24.4 Å². The van der Waals surface area contributed by atoms with Crippen LogP contribution in [0.3, 0.4) is 0 Å². The molecular weight excluding hydrogens is 676 g/mol. The summed E-state index contributed by atoms with van der Waals surface area (Å²) < 4.78 is 59.3. The largest absolute Gasteiger partial charge is 0.365 e. The summed E-state index contributed by atoms with van der Waals surface area (Å²) in [5, 5.41) is 6.92. The second-order valence-electron chi connectivity index (χ2n) is 11.7. The highest BCUT2D eigenvalue weighted by Gasteiger charge is 2.34. The van der Waals surface area contributed by atoms with Gasteiger partial charge in [0.2, 0.25) is 10.0 Å². The fourth-order valence-electron chi connectivity index (χ4n) is 6.18. The van der Waals surface area contributed by atoms with Gasteiger partial charge in [0.15, 0.2) is 11.7 Å². The summed E-state index contributed by atoms with van der Waals surface area (Å²) in [5.74, 6) is 0.976. The number of piperidine rings is 1. The molecule has 3 N–H and O–H groups in total. The van der Waals surface area contributed by atoms with Crippen LogP contribution in [0.2, 0.25) is 10.0 Å². The lowest BCUT2D eigenvalue weighted by Gasteiger charge is -2.48. The number of anilines is 2. The minimum absolute atomic E-state index is 0.136. The molecule has 0 aliphatic carbocycles. The highest BCUT2D eigenvalue weighted by molar-refractivity contribution is 7.88. The van der Waals surface area contributed by atoms with Gasteiger partial charge < -0.3 is 15.5 Å². The van der Waals surface area contributed by atoms with Gasteiger partial charge in [-0.1, -0.05) is 42.6 Å². The summed E-state index contributed by atoms with van der Waals surface area (Å²) in [6.07, 6.45) is 6.95. The van der Waals surface area contributed by atoms with E-state index in [0.717, 1.165) is 64.7 Å². The molecule has 17 heteroatoms. The van der Waals surface area contributed by atoms with Crippen molar-refractivity contribution in [1.29, 1.82) is 0 Å². The lowest BCUT2D eigenvalue weighted by Crippen LogP contribution is -2.58. The highest BCUT2D eigenvalue weighted by Crippen LogP contribution is 2.31. The number of rotatable bonds is 11. The highest BCUT2D eigenvalue weighted by atomic mass is 35.5. The molecule has 3 aliphatic rings. The Balaban J connectivity index is 1.16. The van der Waals surface area contributed by atoms with Crippen LogP contribution in [0, 0.1) is 5.82 Å². The van der Waals surface area contributed by atoms with Crippen LogP contribution >= 0.6 is 23.2 Å². The molecule has 2 aromatic rings. The predicted molar refractivity (Wildman–Crippen MR) is 184 cm³/mol. The Bertz CT molecular complexity index is 1590. The molecule has 0 bridgehead atoms. The molecule has 1 aromatic heterocycles. The van der Waals surface area contributed by atoms with Crippen molar-refractivity contribution in [3.63, 3.8) is 0 Å². The average molecular weight is 717 g/mol. The van der Waals surface area contributed by atoms with Crippen LogP contribution in [0.25, 0.3) is 0 Å². The van der Waals surface area contributed by atoms with E-state index in [4.69, 9.17) is 23.2 Å². The summed E-state index contributed by atoms with van der Waals surface area (Å²) in [7, 11) is -3.32. The molecule has 2 atom stereocenters. The normalized spacial score (nSPS) is 21.7. The molecule has 4 heterocycles. The van der Waals surface area contributed by atoms with E-state index in [9.17, 15) is 17.0 Å². The molecule has 2 fully saturated rings. The number of aromatic nitrogens is 1. The number of benzene rings is 1. The number of nitrogens with zero attached hydrogens (tertiary/aromatic N) is 6. The molecule has 0 saturated carbocycles. The number of halogens is 3. The van der Waals surface area contributed by atoms with Gasteiger partial charge in [0.05, 0.1) is 23.2 Å². The molecule has 3 aliphatic heterocycles. The van der Waals surface area contributed by atoms with Crippen LogP contribution in [0.1, 0.15) is 38.2 Å². The summed E-state index contributed by atoms with van der Waals surface area (Å²) in [6.45, 7) is 7.53. The van der Waals surface area contributed by atoms with Gasteiger partial charge in [-0.2, -0.15) is 0 Å². The fourth-order valence-corrected chi connectivity index (χ4v) is 7.73. The third-order valence-electron chi connectivity index (χ3n) is 8.31. The lowest BCUT2D eigenvalue weighted by molar-refractivity contribution is 0.0587.